The fourth-order valence-electron chi connectivity index (χ4n) is 3.13. The van der Waals surface area contributed by atoms with Crippen molar-refractivity contribution in [3.05, 3.63) is 0 Å². The summed E-state index contributed by atoms with van der Waals surface area (Å²) in [7, 11) is 0. The molecule has 0 fully saturated rings. The Morgan fingerprint density at radius 3 is 1.08 bits per heavy atom. The molecule has 0 aromatic rings. The second-order valence-corrected chi connectivity index (χ2v) is 8.03. The molecule has 0 atom stereocenters. The fourth-order valence-corrected chi connectivity index (χ4v) is 4.64. The molecule has 0 aliphatic rings. The van der Waals surface area contributed by atoms with Gasteiger partial charge in [0.25, 0.3) is 0 Å². The number of rotatable bonds is 17. The maximum Gasteiger partial charge on any atom is 0.102 e. The summed E-state index contributed by atoms with van der Waals surface area (Å²) in [4.78, 5) is 0. The Balaban J connectivity index is -0.00000264. The lowest BCUT2D eigenvalue weighted by molar-refractivity contribution is -0.923. The van der Waals surface area contributed by atoms with Gasteiger partial charge < -0.3 is 52.4 Å². The van der Waals surface area contributed by atoms with Gasteiger partial charge in [-0.15, -0.1) is 0 Å². The zero-order chi connectivity index (χ0) is 18.3. The van der Waals surface area contributed by atoms with Crippen LogP contribution in [0.2, 0.25) is 0 Å². The number of hydrogen-bond acceptors (Lipinski definition) is 2. The third-order valence-electron chi connectivity index (χ3n) is 5.59. The van der Waals surface area contributed by atoms with E-state index in [1.807, 2.05) is 0 Å². The van der Waals surface area contributed by atoms with Crippen LogP contribution in [0.25, 0.3) is 0 Å². The zero-order valence-electron chi connectivity index (χ0n) is 17.1. The summed E-state index contributed by atoms with van der Waals surface area (Å²) in [5.74, 6) is 0. The first kappa shape index (κ1) is 32.4. The van der Waals surface area contributed by atoms with Crippen LogP contribution in [-0.4, -0.2) is 98.4 Å². The van der Waals surface area contributed by atoms with E-state index in [9.17, 15) is 0 Å². The monoisotopic (exact) mass is 632 g/mol. The average Bonchev–Trinajstić information content (AvgIpc) is 2.62. The van der Waals surface area contributed by atoms with Crippen molar-refractivity contribution in [3.63, 3.8) is 0 Å². The van der Waals surface area contributed by atoms with Gasteiger partial charge in [-0.05, 0) is 27.7 Å². The third kappa shape index (κ3) is 13.1. The molecule has 0 rings (SSSR count). The first-order chi connectivity index (χ1) is 11.6. The van der Waals surface area contributed by atoms with Crippen LogP contribution >= 0.6 is 31.9 Å². The summed E-state index contributed by atoms with van der Waals surface area (Å²) in [5, 5.41) is 2.11. The van der Waals surface area contributed by atoms with Gasteiger partial charge in [-0.25, -0.2) is 0 Å². The summed E-state index contributed by atoms with van der Waals surface area (Å²) in [6.45, 7) is 21.4. The minimum atomic E-state index is 0. The van der Waals surface area contributed by atoms with Crippen molar-refractivity contribution < 1.29 is 52.4 Å². The highest BCUT2D eigenvalue weighted by Gasteiger charge is 2.22. The first-order valence-electron chi connectivity index (χ1n) is 9.55. The van der Waals surface area contributed by atoms with Crippen molar-refractivity contribution in [1.29, 1.82) is 0 Å². The molecule has 8 heteroatoms. The molecule has 0 radical (unpaired) electrons. The van der Waals surface area contributed by atoms with Gasteiger partial charge >= 0.3 is 0 Å². The Hall–Kier alpha value is 1.76. The lowest BCUT2D eigenvalue weighted by Gasteiger charge is -2.36. The summed E-state index contributed by atoms with van der Waals surface area (Å²) >= 11 is 7.15. The molecule has 0 saturated carbocycles. The number of ether oxygens (including phenoxy) is 2. The van der Waals surface area contributed by atoms with Crippen LogP contribution in [-0.2, 0) is 9.47 Å². The van der Waals surface area contributed by atoms with E-state index in [2.05, 4.69) is 59.6 Å². The van der Waals surface area contributed by atoms with E-state index >= 15 is 0 Å². The Bertz CT molecular complexity index is 264. The Kier molecular flexibility index (Phi) is 25.0. The van der Waals surface area contributed by atoms with E-state index in [4.69, 9.17) is 9.47 Å². The average molecular weight is 636 g/mol. The molecule has 0 aromatic carbocycles. The second kappa shape index (κ2) is 20.0. The van der Waals surface area contributed by atoms with E-state index in [0.29, 0.717) is 13.2 Å². The van der Waals surface area contributed by atoms with Crippen LogP contribution in [0.4, 0.5) is 0 Å². The number of likely N-dealkylation sites (N-methyl/N-ethyl adjacent to an activating group) is 2. The van der Waals surface area contributed by atoms with E-state index in [1.165, 1.54) is 39.3 Å². The normalized spacial score (nSPS) is 11.8. The van der Waals surface area contributed by atoms with Crippen molar-refractivity contribution in [3.8, 4) is 0 Å². The van der Waals surface area contributed by atoms with Crippen molar-refractivity contribution in [2.24, 2.45) is 0 Å². The first-order valence-corrected chi connectivity index (χ1v) is 11.8. The minimum absolute atomic E-state index is 0. The Morgan fingerprint density at radius 1 is 0.538 bits per heavy atom. The molecule has 162 valence electrons. The molecule has 4 nitrogen and oxygen atoms in total. The minimum Gasteiger partial charge on any atom is -1.00 e. The summed E-state index contributed by atoms with van der Waals surface area (Å²) in [6.07, 6.45) is 0. The highest BCUT2D eigenvalue weighted by Crippen LogP contribution is 2.08. The molecule has 0 heterocycles. The number of hydrogen-bond donors (Lipinski definition) is 0. The molecule has 0 aliphatic heterocycles. The highest BCUT2D eigenvalue weighted by atomic mass is 79.9. The smallest absolute Gasteiger partial charge is 0.102 e. The molecule has 0 bridgehead atoms. The molecule has 0 unspecified atom stereocenters. The largest absolute Gasteiger partial charge is 1.00 e. The Morgan fingerprint density at radius 2 is 0.846 bits per heavy atom. The second-order valence-electron chi connectivity index (χ2n) is 6.45. The van der Waals surface area contributed by atoms with E-state index < -0.39 is 0 Å². The van der Waals surface area contributed by atoms with Crippen LogP contribution < -0.4 is 34.0 Å². The molecule has 0 amide bonds. The SMILES string of the molecule is CC[N+](CC)(CCBr)CCOCCOCC[N+](CC)(CC)CCBr.[Br-].[Br-]. The van der Waals surface area contributed by atoms with Crippen molar-refractivity contribution in [2.75, 3.05) is 89.4 Å². The number of quaternary nitrogens is 2. The quantitative estimate of drug-likeness (QED) is 0.100. The van der Waals surface area contributed by atoms with Crippen molar-refractivity contribution in [2.45, 2.75) is 27.7 Å². The number of alkyl halides is 2. The molecular formula is C18H40Br4N2O2. The van der Waals surface area contributed by atoms with Crippen LogP contribution in [0.5, 0.6) is 0 Å². The van der Waals surface area contributed by atoms with Gasteiger partial charge in [0.1, 0.15) is 13.1 Å². The van der Waals surface area contributed by atoms with Crippen molar-refractivity contribution >= 4 is 31.9 Å². The molecule has 0 aromatic heterocycles. The van der Waals surface area contributed by atoms with Crippen molar-refractivity contribution in [1.82, 2.24) is 0 Å². The topological polar surface area (TPSA) is 18.5 Å². The standard InChI is InChI=1S/C18H40Br2N2O2.2BrH/c1-5-21(6-2,11-9-19)13-15-23-17-18-24-16-14-22(7-3,8-4)12-10-20;;/h5-18H2,1-4H3;2*1H/q+2;;/p-2. The van der Waals surface area contributed by atoms with Gasteiger partial charge in [0.2, 0.25) is 0 Å². The van der Waals surface area contributed by atoms with E-state index in [0.717, 1.165) is 45.9 Å². The number of nitrogens with zero attached hydrogens (tertiary/aromatic N) is 2. The molecular weight excluding hydrogens is 596 g/mol. The van der Waals surface area contributed by atoms with Gasteiger partial charge in [-0.2, -0.15) is 0 Å². The Labute approximate surface area is 200 Å². The van der Waals surface area contributed by atoms with E-state index in [1.54, 1.807) is 0 Å². The van der Waals surface area contributed by atoms with Crippen LogP contribution in [0, 0.1) is 0 Å². The van der Waals surface area contributed by atoms with Crippen LogP contribution in [0.1, 0.15) is 27.7 Å². The summed E-state index contributed by atoms with van der Waals surface area (Å²) in [6, 6.07) is 0. The predicted octanol–water partition coefficient (Wildman–Crippen LogP) is -2.47. The highest BCUT2D eigenvalue weighted by molar-refractivity contribution is 9.09. The maximum absolute atomic E-state index is 5.80. The maximum atomic E-state index is 5.80. The predicted molar refractivity (Wildman–Crippen MR) is 111 cm³/mol. The summed E-state index contributed by atoms with van der Waals surface area (Å²) < 4.78 is 13.9. The van der Waals surface area contributed by atoms with Crippen LogP contribution in [0.15, 0.2) is 0 Å². The summed E-state index contributed by atoms with van der Waals surface area (Å²) in [5.41, 5.74) is 0. The molecule has 0 N–H and O–H groups in total. The van der Waals surface area contributed by atoms with Gasteiger partial charge in [-0.1, -0.05) is 31.9 Å². The number of halogens is 4. The molecule has 0 saturated heterocycles. The zero-order valence-corrected chi connectivity index (χ0v) is 23.5. The van der Waals surface area contributed by atoms with Gasteiger partial charge in [0.05, 0.1) is 76.4 Å². The van der Waals surface area contributed by atoms with Gasteiger partial charge in [0.15, 0.2) is 0 Å². The fraction of sp³-hybridized carbons (Fsp3) is 1.00. The van der Waals surface area contributed by atoms with E-state index in [-0.39, 0.29) is 34.0 Å². The molecule has 0 aliphatic carbocycles. The molecule has 26 heavy (non-hydrogen) atoms. The lowest BCUT2D eigenvalue weighted by Crippen LogP contribution is -3.00. The lowest BCUT2D eigenvalue weighted by atomic mass is 10.3. The van der Waals surface area contributed by atoms with Gasteiger partial charge in [0, 0.05) is 0 Å². The third-order valence-corrected chi connectivity index (χ3v) is 6.30. The molecule has 0 spiro atoms. The van der Waals surface area contributed by atoms with Crippen LogP contribution in [0.3, 0.4) is 0 Å². The van der Waals surface area contributed by atoms with Gasteiger partial charge in [-0.3, -0.25) is 0 Å².